The van der Waals surface area contributed by atoms with Gasteiger partial charge in [0.15, 0.2) is 0 Å². The van der Waals surface area contributed by atoms with Crippen LogP contribution in [-0.2, 0) is 0 Å². The first kappa shape index (κ1) is 20.2. The standard InChI is InChI=1S/C9H10BrN3.C7H5ClN2.C2H7N/c1-13(2)9-11-7-4-3-6(10)5-8(7)12-9;8-7-9-5-3-1-2-4-6(5)10-7;1-3-2/h3-5H,1-2H3,(H,11,12);1-4H,(H,9,10);3H,1-2H3. The zero-order valence-corrected chi connectivity index (χ0v) is 17.5. The average Bonchev–Trinajstić information content (AvgIpc) is 3.17. The van der Waals surface area contributed by atoms with Gasteiger partial charge in [-0.1, -0.05) is 28.1 Å². The van der Waals surface area contributed by atoms with Gasteiger partial charge in [-0.3, -0.25) is 0 Å². The third-order valence-corrected chi connectivity index (χ3v) is 3.89. The molecule has 0 atom stereocenters. The minimum Gasteiger partial charge on any atom is -0.349 e. The van der Waals surface area contributed by atoms with Crippen LogP contribution in [0.5, 0.6) is 0 Å². The number of nitrogens with zero attached hydrogens (tertiary/aromatic N) is 3. The van der Waals surface area contributed by atoms with Gasteiger partial charge in [0.2, 0.25) is 11.2 Å². The van der Waals surface area contributed by atoms with Gasteiger partial charge in [0.1, 0.15) is 0 Å². The Morgan fingerprint density at radius 3 is 2.27 bits per heavy atom. The Kier molecular flexibility index (Phi) is 7.44. The molecule has 0 aliphatic carbocycles. The number of halogens is 2. The van der Waals surface area contributed by atoms with Crippen LogP contribution >= 0.6 is 27.5 Å². The summed E-state index contributed by atoms with van der Waals surface area (Å²) in [5.41, 5.74) is 3.94. The maximum Gasteiger partial charge on any atom is 0.203 e. The number of aromatic nitrogens is 4. The van der Waals surface area contributed by atoms with Crippen molar-refractivity contribution < 1.29 is 0 Å². The fourth-order valence-corrected chi connectivity index (χ4v) is 2.66. The SMILES string of the molecule is CN(C)c1nc2ccc(Br)cc2[nH]1.CNC.Clc1nc2ccccc2[nH]1. The van der Waals surface area contributed by atoms with E-state index in [2.05, 4.69) is 41.2 Å². The Morgan fingerprint density at radius 2 is 1.62 bits per heavy atom. The second-order valence-electron chi connectivity index (χ2n) is 5.66. The minimum atomic E-state index is 0.446. The topological polar surface area (TPSA) is 72.6 Å². The summed E-state index contributed by atoms with van der Waals surface area (Å²) in [4.78, 5) is 16.5. The Bertz CT molecular complexity index is 930. The molecule has 2 aromatic heterocycles. The van der Waals surface area contributed by atoms with Gasteiger partial charge in [-0.25, -0.2) is 9.97 Å². The highest BCUT2D eigenvalue weighted by molar-refractivity contribution is 9.10. The third-order valence-electron chi connectivity index (χ3n) is 3.22. The lowest BCUT2D eigenvalue weighted by molar-refractivity contribution is 1.02. The molecule has 0 aliphatic rings. The number of imidazole rings is 2. The second kappa shape index (κ2) is 9.56. The maximum absolute atomic E-state index is 5.62. The van der Waals surface area contributed by atoms with Gasteiger partial charge >= 0.3 is 0 Å². The minimum absolute atomic E-state index is 0.446. The highest BCUT2D eigenvalue weighted by atomic mass is 79.9. The molecule has 138 valence electrons. The molecular weight excluding hydrogens is 416 g/mol. The van der Waals surface area contributed by atoms with Crippen LogP contribution < -0.4 is 10.2 Å². The number of anilines is 1. The first-order chi connectivity index (χ1) is 12.4. The van der Waals surface area contributed by atoms with E-state index in [0.717, 1.165) is 32.5 Å². The Balaban J connectivity index is 0.000000167. The molecule has 3 N–H and O–H groups in total. The molecule has 0 unspecified atom stereocenters. The van der Waals surface area contributed by atoms with E-state index in [0.29, 0.717) is 5.28 Å². The van der Waals surface area contributed by atoms with Crippen LogP contribution in [0.15, 0.2) is 46.9 Å². The summed E-state index contributed by atoms with van der Waals surface area (Å²) >= 11 is 9.03. The molecule has 6 nitrogen and oxygen atoms in total. The smallest absolute Gasteiger partial charge is 0.203 e. The predicted octanol–water partition coefficient (Wildman–Crippen LogP) is 4.44. The van der Waals surface area contributed by atoms with Crippen molar-refractivity contribution in [3.05, 3.63) is 52.2 Å². The number of hydrogen-bond donors (Lipinski definition) is 3. The molecule has 4 aromatic rings. The van der Waals surface area contributed by atoms with Crippen molar-refractivity contribution in [2.24, 2.45) is 0 Å². The molecule has 0 amide bonds. The summed E-state index contributed by atoms with van der Waals surface area (Å²) in [5.74, 6) is 0.883. The van der Waals surface area contributed by atoms with Crippen molar-refractivity contribution in [1.82, 2.24) is 25.3 Å². The average molecular weight is 438 g/mol. The van der Waals surface area contributed by atoms with Gasteiger partial charge in [0.25, 0.3) is 0 Å². The van der Waals surface area contributed by atoms with E-state index in [1.807, 2.05) is 75.6 Å². The number of para-hydroxylation sites is 2. The first-order valence-corrected chi connectivity index (χ1v) is 9.13. The summed E-state index contributed by atoms with van der Waals surface area (Å²) < 4.78 is 1.06. The van der Waals surface area contributed by atoms with Crippen LogP contribution in [0.4, 0.5) is 5.95 Å². The molecule has 4 rings (SSSR count). The quantitative estimate of drug-likeness (QED) is 0.411. The van der Waals surface area contributed by atoms with Crippen molar-refractivity contribution >= 4 is 55.5 Å². The second-order valence-corrected chi connectivity index (χ2v) is 6.93. The van der Waals surface area contributed by atoms with Gasteiger partial charge in [0, 0.05) is 18.6 Å². The van der Waals surface area contributed by atoms with E-state index < -0.39 is 0 Å². The van der Waals surface area contributed by atoms with Crippen LogP contribution in [0.2, 0.25) is 5.28 Å². The zero-order valence-electron chi connectivity index (χ0n) is 15.1. The van der Waals surface area contributed by atoms with Gasteiger partial charge in [-0.05, 0) is 56.0 Å². The number of aromatic amines is 2. The summed E-state index contributed by atoms with van der Waals surface area (Å²) in [6, 6.07) is 13.7. The highest BCUT2D eigenvalue weighted by Gasteiger charge is 2.03. The Hall–Kier alpha value is -2.09. The number of H-pyrrole nitrogens is 2. The molecule has 0 saturated heterocycles. The van der Waals surface area contributed by atoms with Gasteiger partial charge < -0.3 is 20.2 Å². The lowest BCUT2D eigenvalue weighted by Crippen LogP contribution is -2.09. The Morgan fingerprint density at radius 1 is 0.962 bits per heavy atom. The van der Waals surface area contributed by atoms with Gasteiger partial charge in [0.05, 0.1) is 22.1 Å². The number of fused-ring (bicyclic) bond motifs is 2. The van der Waals surface area contributed by atoms with Crippen molar-refractivity contribution in [1.29, 1.82) is 0 Å². The van der Waals surface area contributed by atoms with Gasteiger partial charge in [-0.2, -0.15) is 0 Å². The van der Waals surface area contributed by atoms with Crippen molar-refractivity contribution in [3.8, 4) is 0 Å². The van der Waals surface area contributed by atoms with Crippen molar-refractivity contribution in [3.63, 3.8) is 0 Å². The fraction of sp³-hybridized carbons (Fsp3) is 0.222. The molecule has 0 aliphatic heterocycles. The molecule has 0 fully saturated rings. The van der Waals surface area contributed by atoms with Crippen LogP contribution in [-0.4, -0.2) is 48.1 Å². The number of hydrogen-bond acceptors (Lipinski definition) is 4. The summed E-state index contributed by atoms with van der Waals surface area (Å²) in [6.45, 7) is 0. The molecule has 0 radical (unpaired) electrons. The zero-order chi connectivity index (χ0) is 19.1. The van der Waals surface area contributed by atoms with Crippen LogP contribution in [0.25, 0.3) is 22.1 Å². The van der Waals surface area contributed by atoms with E-state index in [9.17, 15) is 0 Å². The summed E-state index contributed by atoms with van der Waals surface area (Å²) in [5, 5.41) is 3.20. The molecule has 2 heterocycles. The van der Waals surface area contributed by atoms with Crippen LogP contribution in [0.1, 0.15) is 0 Å². The number of rotatable bonds is 1. The monoisotopic (exact) mass is 436 g/mol. The number of nitrogens with one attached hydrogen (secondary N) is 3. The van der Waals surface area contributed by atoms with Crippen LogP contribution in [0, 0.1) is 0 Å². The summed E-state index contributed by atoms with van der Waals surface area (Å²) in [7, 11) is 7.68. The fourth-order valence-electron chi connectivity index (χ4n) is 2.10. The van der Waals surface area contributed by atoms with E-state index >= 15 is 0 Å². The highest BCUT2D eigenvalue weighted by Crippen LogP contribution is 2.20. The lowest BCUT2D eigenvalue weighted by atomic mass is 10.3. The molecule has 2 aromatic carbocycles. The molecule has 0 saturated carbocycles. The molecule has 8 heteroatoms. The molecule has 26 heavy (non-hydrogen) atoms. The third kappa shape index (κ3) is 5.45. The van der Waals surface area contributed by atoms with E-state index in [1.165, 1.54) is 0 Å². The van der Waals surface area contributed by atoms with Crippen LogP contribution in [0.3, 0.4) is 0 Å². The van der Waals surface area contributed by atoms with Gasteiger partial charge in [-0.15, -0.1) is 0 Å². The van der Waals surface area contributed by atoms with E-state index in [4.69, 9.17) is 11.6 Å². The first-order valence-electron chi connectivity index (χ1n) is 7.96. The number of benzene rings is 2. The normalized spacial score (nSPS) is 10.1. The summed E-state index contributed by atoms with van der Waals surface area (Å²) in [6.07, 6.45) is 0. The lowest BCUT2D eigenvalue weighted by Gasteiger charge is -2.05. The molecule has 0 spiro atoms. The Labute approximate surface area is 166 Å². The largest absolute Gasteiger partial charge is 0.349 e. The van der Waals surface area contributed by atoms with Crippen molar-refractivity contribution in [2.75, 3.05) is 33.1 Å². The molecular formula is C18H22BrClN6. The van der Waals surface area contributed by atoms with E-state index in [-0.39, 0.29) is 0 Å². The maximum atomic E-state index is 5.62. The molecule has 0 bridgehead atoms. The predicted molar refractivity (Wildman–Crippen MR) is 114 cm³/mol. The van der Waals surface area contributed by atoms with E-state index in [1.54, 1.807) is 0 Å². The van der Waals surface area contributed by atoms with Crippen molar-refractivity contribution in [2.45, 2.75) is 0 Å².